The minimum Gasteiger partial charge on any atom is -0.383 e. The highest BCUT2D eigenvalue weighted by Gasteiger charge is 2.39. The van der Waals surface area contributed by atoms with Gasteiger partial charge in [0.05, 0.1) is 23.9 Å². The Morgan fingerprint density at radius 3 is 2.72 bits per heavy atom. The van der Waals surface area contributed by atoms with Crippen LogP contribution >= 0.6 is 0 Å². The molecule has 4 rings (SSSR count). The molecular weight excluding hydrogens is 360 g/mol. The number of nitrogens with one attached hydrogen (secondary N) is 2. The van der Waals surface area contributed by atoms with Crippen molar-refractivity contribution in [2.24, 2.45) is 5.92 Å². The van der Waals surface area contributed by atoms with Crippen LogP contribution in [-0.4, -0.2) is 26.2 Å². The predicted molar refractivity (Wildman–Crippen MR) is 118 cm³/mol. The van der Waals surface area contributed by atoms with Crippen LogP contribution in [0.15, 0.2) is 54.6 Å². The van der Waals surface area contributed by atoms with Crippen LogP contribution in [0.2, 0.25) is 0 Å². The third-order valence-corrected chi connectivity index (χ3v) is 6.20. The first-order chi connectivity index (χ1) is 14.1. The molecule has 0 fully saturated rings. The van der Waals surface area contributed by atoms with E-state index in [0.717, 1.165) is 12.1 Å². The summed E-state index contributed by atoms with van der Waals surface area (Å²) in [4.78, 5) is 12.8. The van der Waals surface area contributed by atoms with E-state index >= 15 is 0 Å². The Kier molecular flexibility index (Phi) is 5.72. The number of para-hydroxylation sites is 1. The Bertz CT molecular complexity index is 902. The molecule has 1 heterocycles. The molecule has 3 atom stereocenters. The number of allylic oxidation sites excluding steroid dienone is 2. The van der Waals surface area contributed by atoms with E-state index in [-0.39, 0.29) is 11.9 Å². The summed E-state index contributed by atoms with van der Waals surface area (Å²) in [6, 6.07) is 15.2. The number of hydrogen-bond donors (Lipinski definition) is 2. The van der Waals surface area contributed by atoms with Gasteiger partial charge < -0.3 is 15.4 Å². The highest BCUT2D eigenvalue weighted by Crippen LogP contribution is 2.50. The zero-order valence-corrected chi connectivity index (χ0v) is 17.4. The number of fused-ring (bicyclic) bond motifs is 3. The predicted octanol–water partition coefficient (Wildman–Crippen LogP) is 5.01. The van der Waals surface area contributed by atoms with Crippen molar-refractivity contribution in [3.8, 4) is 0 Å². The van der Waals surface area contributed by atoms with Gasteiger partial charge in [0, 0.05) is 19.6 Å². The molecule has 1 aliphatic heterocycles. The number of benzene rings is 2. The van der Waals surface area contributed by atoms with Gasteiger partial charge >= 0.3 is 0 Å². The first kappa shape index (κ1) is 19.7. The van der Waals surface area contributed by atoms with Crippen molar-refractivity contribution in [2.45, 2.75) is 38.1 Å². The Hall–Kier alpha value is -2.59. The second-order valence-corrected chi connectivity index (χ2v) is 8.32. The summed E-state index contributed by atoms with van der Waals surface area (Å²) in [7, 11) is 1.64. The maximum Gasteiger partial charge on any atom is 0.253 e. The third kappa shape index (κ3) is 3.82. The Balaban J connectivity index is 1.67. The molecule has 0 radical (unpaired) electrons. The molecule has 2 aliphatic rings. The van der Waals surface area contributed by atoms with Crippen molar-refractivity contribution in [1.82, 2.24) is 5.32 Å². The number of carbonyl (C=O) groups excluding carboxylic acids is 1. The minimum atomic E-state index is -0.0549. The highest BCUT2D eigenvalue weighted by atomic mass is 16.5. The second-order valence-electron chi connectivity index (χ2n) is 8.32. The zero-order valence-electron chi connectivity index (χ0n) is 17.4. The number of hydrogen-bond acceptors (Lipinski definition) is 3. The molecule has 1 aliphatic carbocycles. The van der Waals surface area contributed by atoms with E-state index in [4.69, 9.17) is 4.74 Å². The summed E-state index contributed by atoms with van der Waals surface area (Å²) in [5.74, 6) is 1.28. The summed E-state index contributed by atoms with van der Waals surface area (Å²) in [6.45, 7) is 5.45. The SMILES string of the molecule is COCCNC(=O)c1cccc2c1NC(c1ccc(C(C)C)cc1)C1CC=CC21. The van der Waals surface area contributed by atoms with Gasteiger partial charge in [-0.25, -0.2) is 0 Å². The number of amides is 1. The van der Waals surface area contributed by atoms with E-state index in [1.165, 1.54) is 16.7 Å². The van der Waals surface area contributed by atoms with Gasteiger partial charge in [-0.15, -0.1) is 0 Å². The zero-order chi connectivity index (χ0) is 20.4. The maximum absolute atomic E-state index is 12.8. The first-order valence-electron chi connectivity index (χ1n) is 10.5. The Morgan fingerprint density at radius 1 is 1.21 bits per heavy atom. The molecule has 0 saturated carbocycles. The smallest absolute Gasteiger partial charge is 0.253 e. The molecule has 152 valence electrons. The van der Waals surface area contributed by atoms with Crippen LogP contribution < -0.4 is 10.6 Å². The van der Waals surface area contributed by atoms with E-state index in [1.54, 1.807) is 7.11 Å². The summed E-state index contributed by atoms with van der Waals surface area (Å²) >= 11 is 0. The van der Waals surface area contributed by atoms with Gasteiger partial charge in [0.2, 0.25) is 0 Å². The van der Waals surface area contributed by atoms with Gasteiger partial charge in [-0.1, -0.05) is 62.4 Å². The van der Waals surface area contributed by atoms with Crippen LogP contribution in [0.4, 0.5) is 5.69 Å². The van der Waals surface area contributed by atoms with Crippen molar-refractivity contribution in [1.29, 1.82) is 0 Å². The average molecular weight is 391 g/mol. The Morgan fingerprint density at radius 2 is 2.00 bits per heavy atom. The molecule has 2 aromatic rings. The number of carbonyl (C=O) groups is 1. The van der Waals surface area contributed by atoms with Crippen LogP contribution in [0.25, 0.3) is 0 Å². The topological polar surface area (TPSA) is 50.4 Å². The maximum atomic E-state index is 12.8. The van der Waals surface area contributed by atoms with Crippen LogP contribution in [0, 0.1) is 5.92 Å². The van der Waals surface area contributed by atoms with E-state index in [2.05, 4.69) is 67.0 Å². The average Bonchev–Trinajstić information content (AvgIpc) is 3.23. The van der Waals surface area contributed by atoms with Crippen LogP contribution in [-0.2, 0) is 4.74 Å². The number of methoxy groups -OCH3 is 1. The molecule has 4 nitrogen and oxygen atoms in total. The van der Waals surface area contributed by atoms with Crippen LogP contribution in [0.1, 0.15) is 65.2 Å². The van der Waals surface area contributed by atoms with Gasteiger partial charge in [0.15, 0.2) is 0 Å². The van der Waals surface area contributed by atoms with E-state index in [0.29, 0.717) is 36.5 Å². The normalized spacial score (nSPS) is 22.1. The standard InChI is InChI=1S/C25H30N2O2/c1-16(2)17-10-12-18(13-11-17)23-20-7-4-6-19(20)21-8-5-9-22(24(21)27-23)25(28)26-14-15-29-3/h4-6,8-13,16,19-20,23,27H,7,14-15H2,1-3H3,(H,26,28). The quantitative estimate of drug-likeness (QED) is 0.538. The van der Waals surface area contributed by atoms with Crippen molar-refractivity contribution in [3.63, 3.8) is 0 Å². The number of ether oxygens (including phenoxy) is 1. The summed E-state index contributed by atoms with van der Waals surface area (Å²) in [5, 5.41) is 6.70. The molecule has 2 aromatic carbocycles. The molecule has 3 unspecified atom stereocenters. The fraction of sp³-hybridized carbons (Fsp3) is 0.400. The lowest BCUT2D eigenvalue weighted by molar-refractivity contribution is 0.0937. The molecular formula is C25H30N2O2. The van der Waals surface area contributed by atoms with Crippen molar-refractivity contribution in [3.05, 3.63) is 76.9 Å². The largest absolute Gasteiger partial charge is 0.383 e. The lowest BCUT2D eigenvalue weighted by Crippen LogP contribution is -2.33. The summed E-state index contributed by atoms with van der Waals surface area (Å²) in [5.41, 5.74) is 5.53. The van der Waals surface area contributed by atoms with Gasteiger partial charge in [0.1, 0.15) is 0 Å². The number of anilines is 1. The highest BCUT2D eigenvalue weighted by molar-refractivity contribution is 6.00. The number of rotatable bonds is 6. The van der Waals surface area contributed by atoms with E-state index < -0.39 is 0 Å². The molecule has 2 N–H and O–H groups in total. The third-order valence-electron chi connectivity index (χ3n) is 6.20. The second kappa shape index (κ2) is 8.42. The Labute approximate surface area is 173 Å². The summed E-state index contributed by atoms with van der Waals surface area (Å²) in [6.07, 6.45) is 5.65. The van der Waals surface area contributed by atoms with Gasteiger partial charge in [-0.3, -0.25) is 4.79 Å². The van der Waals surface area contributed by atoms with Crippen LogP contribution in [0.5, 0.6) is 0 Å². The molecule has 0 aromatic heterocycles. The van der Waals surface area contributed by atoms with Crippen molar-refractivity contribution >= 4 is 11.6 Å². The molecule has 0 bridgehead atoms. The summed E-state index contributed by atoms with van der Waals surface area (Å²) < 4.78 is 5.06. The minimum absolute atomic E-state index is 0.0549. The van der Waals surface area contributed by atoms with Crippen molar-refractivity contribution < 1.29 is 9.53 Å². The fourth-order valence-corrected chi connectivity index (χ4v) is 4.59. The molecule has 29 heavy (non-hydrogen) atoms. The molecule has 0 spiro atoms. The van der Waals surface area contributed by atoms with E-state index in [9.17, 15) is 4.79 Å². The monoisotopic (exact) mass is 390 g/mol. The van der Waals surface area contributed by atoms with E-state index in [1.807, 2.05) is 12.1 Å². The lowest BCUT2D eigenvalue weighted by atomic mass is 9.76. The fourth-order valence-electron chi connectivity index (χ4n) is 4.59. The molecule has 1 amide bonds. The molecule has 0 saturated heterocycles. The van der Waals surface area contributed by atoms with Crippen molar-refractivity contribution in [2.75, 3.05) is 25.6 Å². The van der Waals surface area contributed by atoms with Gasteiger partial charge in [-0.2, -0.15) is 0 Å². The lowest BCUT2D eigenvalue weighted by Gasteiger charge is -2.38. The molecule has 4 heteroatoms. The first-order valence-corrected chi connectivity index (χ1v) is 10.5. The van der Waals surface area contributed by atoms with Crippen LogP contribution in [0.3, 0.4) is 0 Å². The van der Waals surface area contributed by atoms with Gasteiger partial charge in [0.25, 0.3) is 5.91 Å². The van der Waals surface area contributed by atoms with Gasteiger partial charge in [-0.05, 0) is 41.0 Å².